The number of hydrogen-bond acceptors (Lipinski definition) is 3. The van der Waals surface area contributed by atoms with Gasteiger partial charge in [-0.15, -0.1) is 0 Å². The fourth-order valence-corrected chi connectivity index (χ4v) is 3.69. The van der Waals surface area contributed by atoms with E-state index in [0.717, 1.165) is 5.56 Å². The number of halogens is 1. The zero-order valence-corrected chi connectivity index (χ0v) is 14.6. The summed E-state index contributed by atoms with van der Waals surface area (Å²) in [4.78, 5) is 12.2. The van der Waals surface area contributed by atoms with Crippen LogP contribution in [0, 0.1) is 5.92 Å². The first-order chi connectivity index (χ1) is 9.80. The van der Waals surface area contributed by atoms with Gasteiger partial charge in [-0.1, -0.05) is 46.3 Å². The Labute approximate surface area is 135 Å². The number of benzene rings is 1. The van der Waals surface area contributed by atoms with Crippen molar-refractivity contribution >= 4 is 21.9 Å². The maximum Gasteiger partial charge on any atom is 0.311 e. The predicted molar refractivity (Wildman–Crippen MR) is 86.4 cm³/mol. The second kappa shape index (κ2) is 6.09. The lowest BCUT2D eigenvalue weighted by Gasteiger charge is -2.32. The molecule has 0 aromatic heterocycles. The minimum Gasteiger partial charge on any atom is -0.466 e. The third kappa shape index (κ3) is 3.32. The lowest BCUT2D eigenvalue weighted by atomic mass is 9.84. The summed E-state index contributed by atoms with van der Waals surface area (Å²) in [7, 11) is 0. The number of ether oxygens (including phenoxy) is 2. The van der Waals surface area contributed by atoms with Crippen molar-refractivity contribution in [2.45, 2.75) is 50.1 Å². The van der Waals surface area contributed by atoms with E-state index in [1.165, 1.54) is 0 Å². The van der Waals surface area contributed by atoms with E-state index >= 15 is 0 Å². The molecule has 1 aliphatic heterocycles. The highest BCUT2D eigenvalue weighted by molar-refractivity contribution is 9.09. The zero-order valence-electron chi connectivity index (χ0n) is 13.1. The molecule has 0 amide bonds. The molecule has 3 unspecified atom stereocenters. The van der Waals surface area contributed by atoms with Gasteiger partial charge in [0.05, 0.1) is 28.6 Å². The molecule has 3 nitrogen and oxygen atoms in total. The summed E-state index contributed by atoms with van der Waals surface area (Å²) < 4.78 is 11.5. The van der Waals surface area contributed by atoms with Crippen LogP contribution in [0.1, 0.15) is 44.5 Å². The molecule has 2 rings (SSSR count). The van der Waals surface area contributed by atoms with Gasteiger partial charge in [0, 0.05) is 0 Å². The molecule has 0 saturated carbocycles. The van der Waals surface area contributed by atoms with Crippen LogP contribution >= 0.6 is 15.9 Å². The van der Waals surface area contributed by atoms with Crippen molar-refractivity contribution in [3.63, 3.8) is 0 Å². The Hall–Kier alpha value is -0.870. The van der Waals surface area contributed by atoms with Crippen molar-refractivity contribution in [2.24, 2.45) is 5.92 Å². The molecule has 1 aromatic carbocycles. The average Bonchev–Trinajstić information content (AvgIpc) is 2.70. The first-order valence-corrected chi connectivity index (χ1v) is 8.27. The van der Waals surface area contributed by atoms with Gasteiger partial charge in [-0.05, 0) is 39.7 Å². The van der Waals surface area contributed by atoms with E-state index in [4.69, 9.17) is 9.47 Å². The summed E-state index contributed by atoms with van der Waals surface area (Å²) >= 11 is 3.76. The Bertz CT molecular complexity index is 500. The van der Waals surface area contributed by atoms with Crippen LogP contribution < -0.4 is 0 Å². The Kier molecular flexibility index (Phi) is 4.79. The van der Waals surface area contributed by atoms with Gasteiger partial charge < -0.3 is 9.47 Å². The summed E-state index contributed by atoms with van der Waals surface area (Å²) in [6.45, 7) is 8.21. The Morgan fingerprint density at radius 3 is 2.57 bits per heavy atom. The normalized spacial score (nSPS) is 29.1. The maximum absolute atomic E-state index is 12.2. The zero-order chi connectivity index (χ0) is 15.7. The van der Waals surface area contributed by atoms with Gasteiger partial charge >= 0.3 is 5.97 Å². The van der Waals surface area contributed by atoms with Gasteiger partial charge in [-0.25, -0.2) is 0 Å². The summed E-state index contributed by atoms with van der Waals surface area (Å²) in [6.07, 6.45) is 0.643. The molecule has 0 bridgehead atoms. The molecule has 3 atom stereocenters. The molecule has 1 aromatic rings. The molecule has 1 saturated heterocycles. The molecule has 1 aliphatic rings. The molecular formula is C17H23BrO3. The van der Waals surface area contributed by atoms with Crippen LogP contribution in [0.15, 0.2) is 30.3 Å². The summed E-state index contributed by atoms with van der Waals surface area (Å²) in [6, 6.07) is 10.1. The van der Waals surface area contributed by atoms with Crippen molar-refractivity contribution in [1.29, 1.82) is 0 Å². The Morgan fingerprint density at radius 2 is 2.00 bits per heavy atom. The topological polar surface area (TPSA) is 35.5 Å². The highest BCUT2D eigenvalue weighted by Crippen LogP contribution is 2.51. The molecule has 0 aliphatic carbocycles. The maximum atomic E-state index is 12.2. The van der Waals surface area contributed by atoms with Crippen LogP contribution in [0.3, 0.4) is 0 Å². The van der Waals surface area contributed by atoms with Crippen LogP contribution in [0.5, 0.6) is 0 Å². The van der Waals surface area contributed by atoms with E-state index in [2.05, 4.69) is 35.0 Å². The monoisotopic (exact) mass is 354 g/mol. The number of carbonyl (C=O) groups is 1. The second-order valence-corrected chi connectivity index (χ2v) is 7.22. The quantitative estimate of drug-likeness (QED) is 0.598. The average molecular weight is 355 g/mol. The molecule has 4 heteroatoms. The van der Waals surface area contributed by atoms with Crippen LogP contribution in [-0.4, -0.2) is 23.8 Å². The molecule has 0 radical (unpaired) electrons. The first kappa shape index (κ1) is 16.5. The van der Waals surface area contributed by atoms with Gasteiger partial charge in [-0.2, -0.15) is 0 Å². The van der Waals surface area contributed by atoms with Crippen LogP contribution in [0.2, 0.25) is 0 Å². The van der Waals surface area contributed by atoms with Crippen LogP contribution in [0.25, 0.3) is 0 Å². The largest absolute Gasteiger partial charge is 0.466 e. The van der Waals surface area contributed by atoms with Crippen molar-refractivity contribution in [3.05, 3.63) is 35.9 Å². The lowest BCUT2D eigenvalue weighted by molar-refractivity contribution is -0.154. The smallest absolute Gasteiger partial charge is 0.311 e. The summed E-state index contributed by atoms with van der Waals surface area (Å²) in [5.41, 5.74) is 0.185. The number of hydrogen-bond donors (Lipinski definition) is 0. The van der Waals surface area contributed by atoms with Crippen LogP contribution in [-0.2, 0) is 14.3 Å². The highest BCUT2D eigenvalue weighted by Gasteiger charge is 2.55. The number of esters is 1. The molecular weight excluding hydrogens is 332 g/mol. The standard InChI is InChI=1S/C17H23BrO3/c1-5-20-15(19)13-11-17(4,21-16(13,2)3)14(18)12-9-7-6-8-10-12/h6-10,13-14H,5,11H2,1-4H3. The minimum atomic E-state index is -0.526. The first-order valence-electron chi connectivity index (χ1n) is 7.36. The SMILES string of the molecule is CCOC(=O)C1CC(C)(C(Br)c2ccccc2)OC1(C)C. The molecule has 21 heavy (non-hydrogen) atoms. The number of carbonyl (C=O) groups excluding carboxylic acids is 1. The summed E-state index contributed by atoms with van der Waals surface area (Å²) in [5.74, 6) is -0.412. The summed E-state index contributed by atoms with van der Waals surface area (Å²) in [5, 5.41) is 0. The molecule has 0 N–H and O–H groups in total. The highest BCUT2D eigenvalue weighted by atomic mass is 79.9. The number of alkyl halides is 1. The van der Waals surface area contributed by atoms with E-state index in [0.29, 0.717) is 13.0 Å². The predicted octanol–water partition coefficient (Wildman–Crippen LogP) is 4.26. The lowest BCUT2D eigenvalue weighted by Crippen LogP contribution is -2.35. The molecule has 1 heterocycles. The van der Waals surface area contributed by atoms with Crippen molar-refractivity contribution < 1.29 is 14.3 Å². The van der Waals surface area contributed by atoms with Gasteiger partial charge in [0.1, 0.15) is 0 Å². The van der Waals surface area contributed by atoms with E-state index in [9.17, 15) is 4.79 Å². The van der Waals surface area contributed by atoms with Gasteiger partial charge in [0.2, 0.25) is 0 Å². The second-order valence-electron chi connectivity index (χ2n) is 6.30. The Balaban J connectivity index is 2.23. The van der Waals surface area contributed by atoms with E-state index in [1.54, 1.807) is 0 Å². The third-order valence-corrected chi connectivity index (χ3v) is 5.64. The van der Waals surface area contributed by atoms with E-state index < -0.39 is 11.2 Å². The van der Waals surface area contributed by atoms with Crippen molar-refractivity contribution in [2.75, 3.05) is 6.61 Å². The molecule has 0 spiro atoms. The van der Waals surface area contributed by atoms with Crippen LogP contribution in [0.4, 0.5) is 0 Å². The van der Waals surface area contributed by atoms with Gasteiger partial charge in [0.25, 0.3) is 0 Å². The third-order valence-electron chi connectivity index (χ3n) is 4.14. The molecule has 1 fully saturated rings. The van der Waals surface area contributed by atoms with E-state index in [-0.39, 0.29) is 16.7 Å². The van der Waals surface area contributed by atoms with E-state index in [1.807, 2.05) is 39.0 Å². The Morgan fingerprint density at radius 1 is 1.38 bits per heavy atom. The van der Waals surface area contributed by atoms with Crippen molar-refractivity contribution in [3.8, 4) is 0 Å². The molecule has 116 valence electrons. The minimum absolute atomic E-state index is 0.0323. The van der Waals surface area contributed by atoms with Crippen molar-refractivity contribution in [1.82, 2.24) is 0 Å². The fourth-order valence-electron chi connectivity index (χ4n) is 3.10. The fraction of sp³-hybridized carbons (Fsp3) is 0.588. The number of rotatable bonds is 4. The van der Waals surface area contributed by atoms with Gasteiger partial charge in [0.15, 0.2) is 0 Å². The van der Waals surface area contributed by atoms with Gasteiger partial charge in [-0.3, -0.25) is 4.79 Å².